The standard InChI is InChI=1S/C18H19NO3/c1-14(15-8-4-2-5-9-15)19-17(20)12-13-18(21)22-16-10-6-3-7-11-16/h2-11,14H,12-13H2,1H3,(H,19,20). The van der Waals surface area contributed by atoms with Crippen LogP contribution in [-0.4, -0.2) is 11.9 Å². The Balaban J connectivity index is 1.74. The van der Waals surface area contributed by atoms with Crippen LogP contribution in [0.5, 0.6) is 5.75 Å². The third-order valence-corrected chi connectivity index (χ3v) is 3.21. The maximum Gasteiger partial charge on any atom is 0.311 e. The van der Waals surface area contributed by atoms with Crippen LogP contribution in [0, 0.1) is 0 Å². The fourth-order valence-electron chi connectivity index (χ4n) is 2.03. The molecule has 0 aliphatic heterocycles. The first kappa shape index (κ1) is 15.8. The highest BCUT2D eigenvalue weighted by Gasteiger charge is 2.12. The predicted molar refractivity (Wildman–Crippen MR) is 84.3 cm³/mol. The highest BCUT2D eigenvalue weighted by molar-refractivity contribution is 5.82. The van der Waals surface area contributed by atoms with Crippen molar-refractivity contribution in [2.45, 2.75) is 25.8 Å². The molecule has 0 radical (unpaired) electrons. The molecular formula is C18H19NO3. The maximum atomic E-state index is 11.9. The average molecular weight is 297 g/mol. The van der Waals surface area contributed by atoms with Crippen LogP contribution in [0.25, 0.3) is 0 Å². The summed E-state index contributed by atoms with van der Waals surface area (Å²) in [7, 11) is 0. The third-order valence-electron chi connectivity index (χ3n) is 3.21. The number of para-hydroxylation sites is 1. The Hall–Kier alpha value is -2.62. The second-order valence-corrected chi connectivity index (χ2v) is 4.99. The Morgan fingerprint density at radius 3 is 2.18 bits per heavy atom. The Morgan fingerprint density at radius 2 is 1.55 bits per heavy atom. The minimum Gasteiger partial charge on any atom is -0.427 e. The third kappa shape index (κ3) is 5.05. The van der Waals surface area contributed by atoms with E-state index in [1.807, 2.05) is 43.3 Å². The summed E-state index contributed by atoms with van der Waals surface area (Å²) in [6.45, 7) is 1.91. The normalized spacial score (nSPS) is 11.5. The molecule has 1 amide bonds. The largest absolute Gasteiger partial charge is 0.427 e. The van der Waals surface area contributed by atoms with Gasteiger partial charge in [-0.15, -0.1) is 0 Å². The molecule has 1 unspecified atom stereocenters. The zero-order valence-corrected chi connectivity index (χ0v) is 12.5. The zero-order chi connectivity index (χ0) is 15.8. The molecule has 22 heavy (non-hydrogen) atoms. The monoisotopic (exact) mass is 297 g/mol. The van der Waals surface area contributed by atoms with E-state index >= 15 is 0 Å². The first-order valence-corrected chi connectivity index (χ1v) is 7.25. The first-order valence-electron chi connectivity index (χ1n) is 7.25. The summed E-state index contributed by atoms with van der Waals surface area (Å²) in [5.41, 5.74) is 1.03. The lowest BCUT2D eigenvalue weighted by Gasteiger charge is -2.14. The molecule has 0 aliphatic rings. The van der Waals surface area contributed by atoms with Crippen LogP contribution in [0.1, 0.15) is 31.4 Å². The molecule has 0 saturated heterocycles. The molecule has 0 saturated carbocycles. The van der Waals surface area contributed by atoms with Crippen molar-refractivity contribution in [1.29, 1.82) is 0 Å². The lowest BCUT2D eigenvalue weighted by molar-refractivity contribution is -0.136. The smallest absolute Gasteiger partial charge is 0.311 e. The van der Waals surface area contributed by atoms with Gasteiger partial charge in [0.1, 0.15) is 5.75 Å². The molecule has 0 aromatic heterocycles. The molecule has 1 atom stereocenters. The van der Waals surface area contributed by atoms with Crippen LogP contribution in [0.2, 0.25) is 0 Å². The van der Waals surface area contributed by atoms with Gasteiger partial charge in [-0.1, -0.05) is 48.5 Å². The van der Waals surface area contributed by atoms with Gasteiger partial charge in [0.15, 0.2) is 0 Å². The predicted octanol–water partition coefficient (Wildman–Crippen LogP) is 3.25. The fraction of sp³-hybridized carbons (Fsp3) is 0.222. The van der Waals surface area contributed by atoms with E-state index in [0.717, 1.165) is 5.56 Å². The number of benzene rings is 2. The number of esters is 1. The Labute approximate surface area is 130 Å². The minimum atomic E-state index is -0.409. The van der Waals surface area contributed by atoms with E-state index in [1.165, 1.54) is 0 Å². The Bertz CT molecular complexity index is 611. The summed E-state index contributed by atoms with van der Waals surface area (Å²) in [5, 5.41) is 2.87. The molecular weight excluding hydrogens is 278 g/mol. The van der Waals surface area contributed by atoms with Gasteiger partial charge in [-0.05, 0) is 24.6 Å². The molecule has 2 rings (SSSR count). The Kier molecular flexibility index (Phi) is 5.72. The molecule has 2 aromatic carbocycles. The highest BCUT2D eigenvalue weighted by Crippen LogP contribution is 2.12. The van der Waals surface area contributed by atoms with Gasteiger partial charge < -0.3 is 10.1 Å². The molecule has 4 nitrogen and oxygen atoms in total. The van der Waals surface area contributed by atoms with Crippen molar-refractivity contribution in [3.05, 3.63) is 66.2 Å². The van der Waals surface area contributed by atoms with Crippen LogP contribution in [0.3, 0.4) is 0 Å². The SMILES string of the molecule is CC(NC(=O)CCC(=O)Oc1ccccc1)c1ccccc1. The van der Waals surface area contributed by atoms with Crippen molar-refractivity contribution in [3.63, 3.8) is 0 Å². The van der Waals surface area contributed by atoms with E-state index in [4.69, 9.17) is 4.74 Å². The number of hydrogen-bond acceptors (Lipinski definition) is 3. The van der Waals surface area contributed by atoms with Crippen LogP contribution >= 0.6 is 0 Å². The number of ether oxygens (including phenoxy) is 1. The lowest BCUT2D eigenvalue weighted by Crippen LogP contribution is -2.27. The van der Waals surface area contributed by atoms with Gasteiger partial charge in [0.2, 0.25) is 5.91 Å². The van der Waals surface area contributed by atoms with Gasteiger partial charge in [0.25, 0.3) is 0 Å². The summed E-state index contributed by atoms with van der Waals surface area (Å²) in [5.74, 6) is -0.0827. The number of hydrogen-bond donors (Lipinski definition) is 1. The molecule has 2 aromatic rings. The number of carbonyl (C=O) groups is 2. The summed E-state index contributed by atoms with van der Waals surface area (Å²) < 4.78 is 5.14. The van der Waals surface area contributed by atoms with E-state index < -0.39 is 5.97 Å². The van der Waals surface area contributed by atoms with Crippen LogP contribution < -0.4 is 10.1 Å². The number of carbonyl (C=O) groups excluding carboxylic acids is 2. The average Bonchev–Trinajstić information content (AvgIpc) is 2.55. The number of amides is 1. The van der Waals surface area contributed by atoms with Crippen molar-refractivity contribution in [1.82, 2.24) is 5.32 Å². The van der Waals surface area contributed by atoms with Gasteiger partial charge in [0, 0.05) is 6.42 Å². The van der Waals surface area contributed by atoms with Crippen LogP contribution in [0.15, 0.2) is 60.7 Å². The first-order chi connectivity index (χ1) is 10.6. The van der Waals surface area contributed by atoms with Crippen molar-refractivity contribution in [2.75, 3.05) is 0 Å². The van der Waals surface area contributed by atoms with Crippen molar-refractivity contribution in [3.8, 4) is 5.75 Å². The number of nitrogens with one attached hydrogen (secondary N) is 1. The summed E-state index contributed by atoms with van der Waals surface area (Å²) in [6.07, 6.45) is 0.172. The minimum absolute atomic E-state index is 0.0578. The molecule has 114 valence electrons. The van der Waals surface area contributed by atoms with Crippen LogP contribution in [-0.2, 0) is 9.59 Å². The van der Waals surface area contributed by atoms with E-state index in [9.17, 15) is 9.59 Å². The topological polar surface area (TPSA) is 55.4 Å². The second-order valence-electron chi connectivity index (χ2n) is 4.99. The van der Waals surface area contributed by atoms with Crippen molar-refractivity contribution >= 4 is 11.9 Å². The molecule has 4 heteroatoms. The summed E-state index contributed by atoms with van der Waals surface area (Å²) >= 11 is 0. The van der Waals surface area contributed by atoms with Crippen molar-refractivity contribution < 1.29 is 14.3 Å². The Morgan fingerprint density at radius 1 is 0.955 bits per heavy atom. The lowest BCUT2D eigenvalue weighted by atomic mass is 10.1. The van der Waals surface area contributed by atoms with Gasteiger partial charge >= 0.3 is 5.97 Å². The van der Waals surface area contributed by atoms with Crippen molar-refractivity contribution in [2.24, 2.45) is 0 Å². The van der Waals surface area contributed by atoms with E-state index in [0.29, 0.717) is 5.75 Å². The van der Waals surface area contributed by atoms with Gasteiger partial charge in [0.05, 0.1) is 12.5 Å². The van der Waals surface area contributed by atoms with Gasteiger partial charge in [-0.3, -0.25) is 9.59 Å². The second kappa shape index (κ2) is 7.98. The van der Waals surface area contributed by atoms with E-state index in [-0.39, 0.29) is 24.8 Å². The molecule has 0 heterocycles. The van der Waals surface area contributed by atoms with E-state index in [2.05, 4.69) is 5.32 Å². The quantitative estimate of drug-likeness (QED) is 0.658. The molecule has 0 spiro atoms. The molecule has 1 N–H and O–H groups in total. The summed E-state index contributed by atoms with van der Waals surface area (Å²) in [4.78, 5) is 23.5. The molecule has 0 bridgehead atoms. The van der Waals surface area contributed by atoms with Crippen LogP contribution in [0.4, 0.5) is 0 Å². The van der Waals surface area contributed by atoms with Gasteiger partial charge in [-0.2, -0.15) is 0 Å². The maximum absolute atomic E-state index is 11.9. The summed E-state index contributed by atoms with van der Waals surface area (Å²) in [6, 6.07) is 18.4. The molecule has 0 aliphatic carbocycles. The van der Waals surface area contributed by atoms with Gasteiger partial charge in [-0.25, -0.2) is 0 Å². The highest BCUT2D eigenvalue weighted by atomic mass is 16.5. The zero-order valence-electron chi connectivity index (χ0n) is 12.5. The number of rotatable bonds is 6. The van der Waals surface area contributed by atoms with E-state index in [1.54, 1.807) is 24.3 Å². The fourth-order valence-corrected chi connectivity index (χ4v) is 2.03. The molecule has 0 fully saturated rings.